The van der Waals surface area contributed by atoms with Crippen molar-refractivity contribution in [2.45, 2.75) is 13.5 Å². The second kappa shape index (κ2) is 5.85. The molecule has 0 radical (unpaired) electrons. The predicted octanol–water partition coefficient (Wildman–Crippen LogP) is 2.54. The summed E-state index contributed by atoms with van der Waals surface area (Å²) < 4.78 is 1.05. The average Bonchev–Trinajstić information content (AvgIpc) is 2.93. The Morgan fingerprint density at radius 3 is 3.10 bits per heavy atom. The summed E-state index contributed by atoms with van der Waals surface area (Å²) >= 11 is 3.44. The van der Waals surface area contributed by atoms with Crippen molar-refractivity contribution >= 4 is 27.7 Å². The van der Waals surface area contributed by atoms with Crippen molar-refractivity contribution in [3.63, 3.8) is 0 Å². The first kappa shape index (κ1) is 14.1. The van der Waals surface area contributed by atoms with Crippen LogP contribution in [0, 0.1) is 6.92 Å². The molecular formula is C16H16BrN3O. The zero-order valence-electron chi connectivity index (χ0n) is 11.8. The summed E-state index contributed by atoms with van der Waals surface area (Å²) in [6.45, 7) is 4.22. The van der Waals surface area contributed by atoms with Crippen molar-refractivity contribution in [3.8, 4) is 0 Å². The van der Waals surface area contributed by atoms with Crippen molar-refractivity contribution in [1.29, 1.82) is 0 Å². The van der Waals surface area contributed by atoms with Crippen LogP contribution in [0.15, 0.2) is 51.6 Å². The third-order valence-corrected chi connectivity index (χ3v) is 4.12. The van der Waals surface area contributed by atoms with Gasteiger partial charge in [-0.05, 0) is 42.3 Å². The van der Waals surface area contributed by atoms with Crippen LogP contribution in [-0.4, -0.2) is 29.7 Å². The monoisotopic (exact) mass is 345 g/mol. The third-order valence-electron chi connectivity index (χ3n) is 3.62. The summed E-state index contributed by atoms with van der Waals surface area (Å²) in [4.78, 5) is 18.6. The maximum absolute atomic E-state index is 12.2. The van der Waals surface area contributed by atoms with E-state index in [1.165, 1.54) is 0 Å². The molecule has 0 aromatic heterocycles. The summed E-state index contributed by atoms with van der Waals surface area (Å²) in [5.74, 6) is 0.884. The fourth-order valence-corrected chi connectivity index (χ4v) is 2.88. The molecule has 2 aliphatic heterocycles. The van der Waals surface area contributed by atoms with Gasteiger partial charge in [-0.1, -0.05) is 22.0 Å². The molecule has 1 N–H and O–H groups in total. The van der Waals surface area contributed by atoms with Crippen LogP contribution >= 0.6 is 15.9 Å². The molecular weight excluding hydrogens is 330 g/mol. The van der Waals surface area contributed by atoms with Crippen LogP contribution in [-0.2, 0) is 11.3 Å². The fraction of sp³-hybridized carbons (Fsp3) is 0.250. The van der Waals surface area contributed by atoms with E-state index < -0.39 is 0 Å². The van der Waals surface area contributed by atoms with E-state index in [-0.39, 0.29) is 5.91 Å². The molecule has 2 heterocycles. The summed E-state index contributed by atoms with van der Waals surface area (Å²) in [5, 5.41) is 2.97. The molecule has 1 amide bonds. The maximum atomic E-state index is 12.2. The van der Waals surface area contributed by atoms with E-state index >= 15 is 0 Å². The van der Waals surface area contributed by atoms with Crippen molar-refractivity contribution in [3.05, 3.63) is 57.7 Å². The summed E-state index contributed by atoms with van der Waals surface area (Å²) in [7, 11) is 0. The first-order valence-electron chi connectivity index (χ1n) is 6.88. The highest BCUT2D eigenvalue weighted by molar-refractivity contribution is 9.10. The lowest BCUT2D eigenvalue weighted by Crippen LogP contribution is -2.29. The molecule has 21 heavy (non-hydrogen) atoms. The van der Waals surface area contributed by atoms with E-state index in [2.05, 4.69) is 26.2 Å². The molecule has 108 valence electrons. The van der Waals surface area contributed by atoms with E-state index in [1.54, 1.807) is 0 Å². The molecule has 0 bridgehead atoms. The Kier molecular flexibility index (Phi) is 3.92. The molecule has 1 aromatic rings. The first-order valence-corrected chi connectivity index (χ1v) is 7.67. The standard InChI is InChI=1S/C16H16BrN3O/c1-11-8-14(17)4-2-12(11)9-19-16(21)13-3-5-15-18-6-7-20(15)10-13/h2-5,8,10H,6-7,9H2,1H3,(H,19,21). The smallest absolute Gasteiger partial charge is 0.253 e. The van der Waals surface area contributed by atoms with Gasteiger partial charge < -0.3 is 10.2 Å². The fourth-order valence-electron chi connectivity index (χ4n) is 2.40. The van der Waals surface area contributed by atoms with Gasteiger partial charge >= 0.3 is 0 Å². The molecule has 0 saturated heterocycles. The molecule has 5 heteroatoms. The first-order chi connectivity index (χ1) is 10.1. The molecule has 1 aromatic carbocycles. The van der Waals surface area contributed by atoms with Gasteiger partial charge in [-0.15, -0.1) is 0 Å². The number of amidine groups is 1. The van der Waals surface area contributed by atoms with Crippen molar-refractivity contribution in [2.75, 3.05) is 13.1 Å². The van der Waals surface area contributed by atoms with Crippen LogP contribution < -0.4 is 5.32 Å². The van der Waals surface area contributed by atoms with E-state index in [9.17, 15) is 4.79 Å². The van der Waals surface area contributed by atoms with Gasteiger partial charge in [0.1, 0.15) is 5.84 Å². The number of halogens is 1. The number of aryl methyl sites for hydroxylation is 1. The molecule has 3 rings (SSSR count). The Hall–Kier alpha value is -1.88. The Morgan fingerprint density at radius 1 is 1.43 bits per heavy atom. The normalized spacial score (nSPS) is 16.4. The molecule has 0 unspecified atom stereocenters. The van der Waals surface area contributed by atoms with Gasteiger partial charge in [0.05, 0.1) is 12.1 Å². The van der Waals surface area contributed by atoms with Gasteiger partial charge in [0, 0.05) is 23.8 Å². The van der Waals surface area contributed by atoms with Gasteiger partial charge in [0.15, 0.2) is 0 Å². The lowest BCUT2D eigenvalue weighted by molar-refractivity contribution is -0.117. The number of aliphatic imine (C=N–C) groups is 1. The Labute approximate surface area is 132 Å². The second-order valence-corrected chi connectivity index (χ2v) is 6.02. The molecule has 0 spiro atoms. The van der Waals surface area contributed by atoms with Gasteiger partial charge in [0.25, 0.3) is 5.91 Å². The molecule has 0 fully saturated rings. The third kappa shape index (κ3) is 3.08. The summed E-state index contributed by atoms with van der Waals surface area (Å²) in [5.41, 5.74) is 2.95. The molecule has 0 saturated carbocycles. The highest BCUT2D eigenvalue weighted by Gasteiger charge is 2.19. The summed E-state index contributed by atoms with van der Waals surface area (Å²) in [6, 6.07) is 6.06. The lowest BCUT2D eigenvalue weighted by atomic mass is 10.1. The minimum Gasteiger partial charge on any atom is -0.348 e. The van der Waals surface area contributed by atoms with Crippen LogP contribution in [0.5, 0.6) is 0 Å². The number of carbonyl (C=O) groups is 1. The number of hydrogen-bond donors (Lipinski definition) is 1. The largest absolute Gasteiger partial charge is 0.348 e. The maximum Gasteiger partial charge on any atom is 0.253 e. The Balaban J connectivity index is 1.65. The number of nitrogens with one attached hydrogen (secondary N) is 1. The summed E-state index contributed by atoms with van der Waals surface area (Å²) in [6.07, 6.45) is 5.59. The van der Waals surface area contributed by atoms with Crippen molar-refractivity contribution < 1.29 is 4.79 Å². The minimum absolute atomic E-state index is 0.0560. The van der Waals surface area contributed by atoms with E-state index in [0.717, 1.165) is 34.5 Å². The van der Waals surface area contributed by atoms with Crippen LogP contribution in [0.1, 0.15) is 11.1 Å². The van der Waals surface area contributed by atoms with Gasteiger partial charge in [-0.2, -0.15) is 0 Å². The SMILES string of the molecule is Cc1cc(Br)ccc1CNC(=O)C1=CN2CCN=C2C=C1. The van der Waals surface area contributed by atoms with Crippen LogP contribution in [0.4, 0.5) is 0 Å². The number of hydrogen-bond acceptors (Lipinski definition) is 3. The average molecular weight is 346 g/mol. The van der Waals surface area contributed by atoms with Crippen molar-refractivity contribution in [1.82, 2.24) is 10.2 Å². The highest BCUT2D eigenvalue weighted by Crippen LogP contribution is 2.17. The van der Waals surface area contributed by atoms with Gasteiger partial charge in [-0.3, -0.25) is 9.79 Å². The number of benzene rings is 1. The van der Waals surface area contributed by atoms with Crippen molar-refractivity contribution in [2.24, 2.45) is 4.99 Å². The number of amides is 1. The van der Waals surface area contributed by atoms with Crippen LogP contribution in [0.3, 0.4) is 0 Å². The predicted molar refractivity (Wildman–Crippen MR) is 87.0 cm³/mol. The zero-order valence-corrected chi connectivity index (χ0v) is 13.4. The molecule has 0 atom stereocenters. The molecule has 0 aliphatic carbocycles. The molecule has 4 nitrogen and oxygen atoms in total. The van der Waals surface area contributed by atoms with E-state index in [1.807, 2.05) is 48.4 Å². The quantitative estimate of drug-likeness (QED) is 0.914. The lowest BCUT2D eigenvalue weighted by Gasteiger charge is -2.18. The van der Waals surface area contributed by atoms with Gasteiger partial charge in [0.2, 0.25) is 0 Å². The minimum atomic E-state index is -0.0560. The Morgan fingerprint density at radius 2 is 2.29 bits per heavy atom. The number of rotatable bonds is 3. The number of carbonyl (C=O) groups excluding carboxylic acids is 1. The van der Waals surface area contributed by atoms with Gasteiger partial charge in [-0.25, -0.2) is 0 Å². The molecule has 2 aliphatic rings. The Bertz CT molecular complexity index is 676. The second-order valence-electron chi connectivity index (χ2n) is 5.10. The number of nitrogens with zero attached hydrogens (tertiary/aromatic N) is 2. The highest BCUT2D eigenvalue weighted by atomic mass is 79.9. The van der Waals surface area contributed by atoms with E-state index in [4.69, 9.17) is 0 Å². The van der Waals surface area contributed by atoms with Crippen LogP contribution in [0.2, 0.25) is 0 Å². The zero-order chi connectivity index (χ0) is 14.8. The number of fused-ring (bicyclic) bond motifs is 1. The topological polar surface area (TPSA) is 44.7 Å². The van der Waals surface area contributed by atoms with Crippen LogP contribution in [0.25, 0.3) is 0 Å². The van der Waals surface area contributed by atoms with E-state index in [0.29, 0.717) is 12.1 Å².